The lowest BCUT2D eigenvalue weighted by molar-refractivity contribution is -0.142. The third-order valence-electron chi connectivity index (χ3n) is 5.05. The molecule has 30 heavy (non-hydrogen) atoms. The Bertz CT molecular complexity index is 1100. The van der Waals surface area contributed by atoms with Gasteiger partial charge in [-0.15, -0.1) is 10.2 Å². The van der Waals surface area contributed by atoms with Gasteiger partial charge in [0.05, 0.1) is 10.8 Å². The van der Waals surface area contributed by atoms with Gasteiger partial charge in [0, 0.05) is 5.92 Å². The first-order valence-corrected chi connectivity index (χ1v) is 11.0. The molecule has 3 rings (SSSR count). The number of hydrogen-bond donors (Lipinski definition) is 3. The Balaban J connectivity index is 2.00. The number of hydrogen-bond acceptors (Lipinski definition) is 6. The first kappa shape index (κ1) is 21.6. The fourth-order valence-electron chi connectivity index (χ4n) is 3.59. The van der Waals surface area contributed by atoms with Gasteiger partial charge in [-0.05, 0) is 41.7 Å². The summed E-state index contributed by atoms with van der Waals surface area (Å²) in [7, 11) is -3.78. The summed E-state index contributed by atoms with van der Waals surface area (Å²) in [6.45, 7) is 1.93. The second kappa shape index (κ2) is 9.14. The molecule has 1 heterocycles. The van der Waals surface area contributed by atoms with Crippen LogP contribution in [-0.4, -0.2) is 40.1 Å². The number of aliphatic carboxylic acids is 1. The Kier molecular flexibility index (Phi) is 6.58. The highest BCUT2D eigenvalue weighted by Crippen LogP contribution is 2.33. The van der Waals surface area contributed by atoms with Crippen molar-refractivity contribution in [3.05, 3.63) is 59.9 Å². The third kappa shape index (κ3) is 4.89. The predicted molar refractivity (Wildman–Crippen MR) is 110 cm³/mol. The zero-order valence-corrected chi connectivity index (χ0v) is 17.2. The Labute approximate surface area is 174 Å². The first-order valence-electron chi connectivity index (χ1n) is 9.48. The molecule has 4 N–H and O–H groups in total. The lowest BCUT2D eigenvalue weighted by atomic mass is 9.81. The minimum atomic E-state index is -3.78. The summed E-state index contributed by atoms with van der Waals surface area (Å²) in [6, 6.07) is 13.8. The van der Waals surface area contributed by atoms with Crippen molar-refractivity contribution in [1.29, 1.82) is 0 Å². The van der Waals surface area contributed by atoms with Crippen molar-refractivity contribution in [2.45, 2.75) is 37.0 Å². The van der Waals surface area contributed by atoms with Gasteiger partial charge >= 0.3 is 5.97 Å². The van der Waals surface area contributed by atoms with Crippen molar-refractivity contribution < 1.29 is 18.3 Å². The summed E-state index contributed by atoms with van der Waals surface area (Å²) in [4.78, 5) is 12.0. The molecule has 0 aliphatic heterocycles. The van der Waals surface area contributed by atoms with Crippen molar-refractivity contribution in [3.63, 3.8) is 0 Å². The van der Waals surface area contributed by atoms with Gasteiger partial charge in [0.15, 0.2) is 5.82 Å². The van der Waals surface area contributed by atoms with E-state index in [1.54, 1.807) is 12.1 Å². The van der Waals surface area contributed by atoms with E-state index in [1.807, 2.05) is 31.2 Å². The fourth-order valence-corrected chi connectivity index (χ4v) is 4.10. The number of sulfonamides is 1. The fraction of sp³-hybridized carbons (Fsp3) is 0.300. The minimum Gasteiger partial charge on any atom is -0.481 e. The van der Waals surface area contributed by atoms with Gasteiger partial charge in [0.25, 0.3) is 0 Å². The highest BCUT2D eigenvalue weighted by molar-refractivity contribution is 7.89. The van der Waals surface area contributed by atoms with Gasteiger partial charge in [-0.2, -0.15) is 5.21 Å². The lowest BCUT2D eigenvalue weighted by Crippen LogP contribution is -2.25. The van der Waals surface area contributed by atoms with Crippen LogP contribution in [0.4, 0.5) is 0 Å². The van der Waals surface area contributed by atoms with Crippen molar-refractivity contribution in [2.75, 3.05) is 0 Å². The van der Waals surface area contributed by atoms with Gasteiger partial charge in [0.2, 0.25) is 10.0 Å². The smallest absolute Gasteiger partial charge is 0.307 e. The molecule has 3 aromatic rings. The lowest BCUT2D eigenvalue weighted by Gasteiger charge is -2.22. The Morgan fingerprint density at radius 3 is 2.43 bits per heavy atom. The number of nitrogens with zero attached hydrogens (tertiary/aromatic N) is 3. The van der Waals surface area contributed by atoms with Gasteiger partial charge < -0.3 is 5.11 Å². The van der Waals surface area contributed by atoms with Crippen LogP contribution >= 0.6 is 0 Å². The molecule has 9 nitrogen and oxygen atoms in total. The molecule has 2 unspecified atom stereocenters. The second-order valence-corrected chi connectivity index (χ2v) is 8.60. The van der Waals surface area contributed by atoms with Crippen molar-refractivity contribution in [1.82, 2.24) is 20.6 Å². The average Bonchev–Trinajstić information content (AvgIpc) is 3.25. The topological polar surface area (TPSA) is 152 Å². The van der Waals surface area contributed by atoms with Crippen LogP contribution in [0.2, 0.25) is 0 Å². The van der Waals surface area contributed by atoms with Crippen molar-refractivity contribution in [2.24, 2.45) is 11.1 Å². The van der Waals surface area contributed by atoms with E-state index < -0.39 is 27.8 Å². The normalized spacial score (nSPS) is 13.7. The number of carboxylic acids is 1. The maximum absolute atomic E-state index is 11.9. The summed E-state index contributed by atoms with van der Waals surface area (Å²) in [6.07, 6.45) is 1.59. The van der Waals surface area contributed by atoms with Crippen LogP contribution in [0.1, 0.15) is 37.1 Å². The van der Waals surface area contributed by atoms with Crippen LogP contribution < -0.4 is 5.14 Å². The highest BCUT2D eigenvalue weighted by atomic mass is 32.2. The molecule has 1 aromatic heterocycles. The number of tetrazole rings is 1. The van der Waals surface area contributed by atoms with E-state index in [1.165, 1.54) is 12.1 Å². The summed E-state index contributed by atoms with van der Waals surface area (Å²) in [5, 5.41) is 29.1. The molecule has 0 saturated heterocycles. The number of aromatic amines is 1. The molecule has 0 aliphatic carbocycles. The Morgan fingerprint density at radius 1 is 1.17 bits per heavy atom. The molecule has 0 saturated carbocycles. The zero-order chi connectivity index (χ0) is 21.7. The summed E-state index contributed by atoms with van der Waals surface area (Å²) < 4.78 is 23.0. The van der Waals surface area contributed by atoms with E-state index in [0.29, 0.717) is 25.1 Å². The molecule has 2 atom stereocenters. The highest BCUT2D eigenvalue weighted by Gasteiger charge is 2.32. The first-order chi connectivity index (χ1) is 14.3. The van der Waals surface area contributed by atoms with E-state index in [9.17, 15) is 18.3 Å². The van der Waals surface area contributed by atoms with Gasteiger partial charge in [-0.3, -0.25) is 4.79 Å². The maximum atomic E-state index is 11.9. The maximum Gasteiger partial charge on any atom is 0.307 e. The quantitative estimate of drug-likeness (QED) is 0.472. The largest absolute Gasteiger partial charge is 0.481 e. The molecule has 10 heteroatoms. The molecular formula is C20H23N5O4S. The SMILES string of the molecule is CCCC(C(=O)O)C(Cc1ccccc1-c1ccc(S(N)(=O)=O)cc1)c1nn[nH]n1. The molecule has 0 fully saturated rings. The number of nitrogens with one attached hydrogen (secondary N) is 1. The van der Waals surface area contributed by atoms with Gasteiger partial charge in [-0.25, -0.2) is 13.6 Å². The number of carboxylic acid groups (broad SMARTS) is 1. The molecule has 0 spiro atoms. The molecule has 0 amide bonds. The summed E-state index contributed by atoms with van der Waals surface area (Å²) in [5.41, 5.74) is 2.57. The van der Waals surface area contributed by atoms with Crippen molar-refractivity contribution in [3.8, 4) is 11.1 Å². The molecular weight excluding hydrogens is 406 g/mol. The van der Waals surface area contributed by atoms with Crippen LogP contribution in [0.25, 0.3) is 11.1 Å². The number of carbonyl (C=O) groups is 1. The molecule has 2 aromatic carbocycles. The van der Waals surface area contributed by atoms with Crippen LogP contribution in [0, 0.1) is 5.92 Å². The van der Waals surface area contributed by atoms with Crippen LogP contribution in [0.3, 0.4) is 0 Å². The van der Waals surface area contributed by atoms with Gasteiger partial charge in [0.1, 0.15) is 0 Å². The summed E-state index contributed by atoms with van der Waals surface area (Å²) >= 11 is 0. The molecule has 0 radical (unpaired) electrons. The number of H-pyrrole nitrogens is 1. The number of rotatable bonds is 9. The number of nitrogens with two attached hydrogens (primary N) is 1. The van der Waals surface area contributed by atoms with E-state index in [0.717, 1.165) is 16.7 Å². The second-order valence-electron chi connectivity index (χ2n) is 7.04. The Morgan fingerprint density at radius 2 is 1.87 bits per heavy atom. The van der Waals surface area contributed by atoms with E-state index in [-0.39, 0.29) is 4.90 Å². The van der Waals surface area contributed by atoms with E-state index in [4.69, 9.17) is 5.14 Å². The minimum absolute atomic E-state index is 0.0299. The number of primary sulfonamides is 1. The number of benzene rings is 2. The molecule has 0 aliphatic rings. The monoisotopic (exact) mass is 429 g/mol. The standard InChI is InChI=1S/C20H23N5O4S/c1-2-5-17(20(26)27)18(19-22-24-25-23-19)12-14-6-3-4-7-16(14)13-8-10-15(11-9-13)30(21,28)29/h3-4,6-11,17-18H,2,5,12H2,1H3,(H,26,27)(H2,21,28,29)(H,22,23,24,25). The van der Waals surface area contributed by atoms with E-state index >= 15 is 0 Å². The predicted octanol–water partition coefficient (Wildman–Crippen LogP) is 2.34. The molecule has 158 valence electrons. The van der Waals surface area contributed by atoms with Crippen LogP contribution in [0.5, 0.6) is 0 Å². The average molecular weight is 430 g/mol. The van der Waals surface area contributed by atoms with Crippen molar-refractivity contribution >= 4 is 16.0 Å². The zero-order valence-electron chi connectivity index (χ0n) is 16.4. The van der Waals surface area contributed by atoms with Crippen LogP contribution in [-0.2, 0) is 21.2 Å². The molecule has 0 bridgehead atoms. The third-order valence-corrected chi connectivity index (χ3v) is 5.98. The summed E-state index contributed by atoms with van der Waals surface area (Å²) in [5.74, 6) is -1.67. The Hall–Kier alpha value is -3.11. The van der Waals surface area contributed by atoms with Crippen LogP contribution in [0.15, 0.2) is 53.4 Å². The number of aromatic nitrogens is 4. The van der Waals surface area contributed by atoms with E-state index in [2.05, 4.69) is 20.6 Å². The van der Waals surface area contributed by atoms with Gasteiger partial charge in [-0.1, -0.05) is 55.0 Å².